The second-order valence-electron chi connectivity index (χ2n) is 6.32. The van der Waals surface area contributed by atoms with E-state index in [1.807, 2.05) is 20.8 Å². The third kappa shape index (κ3) is 2.25. The van der Waals surface area contributed by atoms with Crippen LogP contribution >= 0.6 is 0 Å². The summed E-state index contributed by atoms with van der Waals surface area (Å²) < 4.78 is 6.00. The molecule has 3 rings (SSSR count). The zero-order valence-electron chi connectivity index (χ0n) is 13.4. The number of benzene rings is 1. The maximum Gasteiger partial charge on any atom is 0.227 e. The number of hydroxylamine groups is 1. The highest BCUT2D eigenvalue weighted by molar-refractivity contribution is 5.92. The fraction of sp³-hybridized carbons (Fsp3) is 0.412. The first-order valence-electron chi connectivity index (χ1n) is 7.59. The maximum absolute atomic E-state index is 12.3. The number of amides is 1. The summed E-state index contributed by atoms with van der Waals surface area (Å²) >= 11 is 0. The second-order valence-corrected chi connectivity index (χ2v) is 6.32. The van der Waals surface area contributed by atoms with E-state index >= 15 is 0 Å². The van der Waals surface area contributed by atoms with Crippen LogP contribution < -0.4 is 10.2 Å². The van der Waals surface area contributed by atoms with Crippen LogP contribution in [0.25, 0.3) is 5.70 Å². The molecule has 0 aliphatic carbocycles. The van der Waals surface area contributed by atoms with Gasteiger partial charge in [-0.25, -0.2) is 0 Å². The van der Waals surface area contributed by atoms with E-state index in [-0.39, 0.29) is 5.91 Å². The number of hydrogen-bond donors (Lipinski definition) is 2. The molecule has 0 unspecified atom stereocenters. The summed E-state index contributed by atoms with van der Waals surface area (Å²) in [7, 11) is 0. The summed E-state index contributed by atoms with van der Waals surface area (Å²) in [6, 6.07) is 5.62. The highest BCUT2D eigenvalue weighted by Gasteiger charge is 2.41. The zero-order chi connectivity index (χ0) is 16.8. The first-order chi connectivity index (χ1) is 10.9. The van der Waals surface area contributed by atoms with Crippen LogP contribution in [0, 0.1) is 18.3 Å². The number of carbonyl (C=O) groups is 1. The van der Waals surface area contributed by atoms with E-state index in [1.165, 1.54) is 0 Å². The quantitative estimate of drug-likeness (QED) is 0.818. The number of ether oxygens (including phenoxy) is 1. The molecule has 0 spiro atoms. The van der Waals surface area contributed by atoms with Crippen molar-refractivity contribution in [3.8, 4) is 11.8 Å². The highest BCUT2D eigenvalue weighted by atomic mass is 16.5. The number of hydrogen-bond acceptors (Lipinski definition) is 5. The van der Waals surface area contributed by atoms with Gasteiger partial charge in [0.2, 0.25) is 5.91 Å². The Morgan fingerprint density at radius 2 is 2.17 bits per heavy atom. The molecule has 2 heterocycles. The third-order valence-corrected chi connectivity index (χ3v) is 4.44. The standard InChI is InChI=1S/C17H19N3O3/c1-10-11(9-18)6-7-12-14(10)15(20-8-4-5-13(20)21)16(19-22)17(2,3)23-12/h6-7,19,22H,4-5,8H2,1-3H3. The van der Waals surface area contributed by atoms with E-state index in [0.717, 1.165) is 12.0 Å². The Bertz CT molecular complexity index is 759. The Morgan fingerprint density at radius 3 is 2.74 bits per heavy atom. The number of carbonyl (C=O) groups excluding carboxylic acids is 1. The number of rotatable bonds is 2. The SMILES string of the molecule is Cc1c(C#N)ccc2c1C(N1CCCC1=O)=C(NO)C(C)(C)O2. The van der Waals surface area contributed by atoms with Crippen molar-refractivity contribution in [2.24, 2.45) is 0 Å². The summed E-state index contributed by atoms with van der Waals surface area (Å²) in [5, 5.41) is 19.0. The second kappa shape index (κ2) is 5.28. The topological polar surface area (TPSA) is 85.6 Å². The fourth-order valence-corrected chi connectivity index (χ4v) is 3.27. The Morgan fingerprint density at radius 1 is 1.43 bits per heavy atom. The van der Waals surface area contributed by atoms with E-state index < -0.39 is 5.60 Å². The highest BCUT2D eigenvalue weighted by Crippen LogP contribution is 2.44. The molecular weight excluding hydrogens is 294 g/mol. The predicted octanol–water partition coefficient (Wildman–Crippen LogP) is 2.31. The Hall–Kier alpha value is -2.52. The molecule has 1 saturated heterocycles. The molecule has 0 bridgehead atoms. The van der Waals surface area contributed by atoms with Crippen LogP contribution in [0.3, 0.4) is 0 Å². The van der Waals surface area contributed by atoms with E-state index in [9.17, 15) is 15.3 Å². The van der Waals surface area contributed by atoms with Gasteiger partial charge in [0.05, 0.1) is 17.3 Å². The average molecular weight is 313 g/mol. The van der Waals surface area contributed by atoms with Gasteiger partial charge in [0, 0.05) is 18.5 Å². The van der Waals surface area contributed by atoms with Crippen LogP contribution in [0.1, 0.15) is 43.4 Å². The molecule has 0 atom stereocenters. The van der Waals surface area contributed by atoms with Crippen LogP contribution in [-0.2, 0) is 4.79 Å². The Labute approximate surface area is 134 Å². The molecule has 0 radical (unpaired) electrons. The van der Waals surface area contributed by atoms with Crippen molar-refractivity contribution in [1.29, 1.82) is 5.26 Å². The lowest BCUT2D eigenvalue weighted by Crippen LogP contribution is -2.43. The van der Waals surface area contributed by atoms with Gasteiger partial charge in [0.25, 0.3) is 0 Å². The van der Waals surface area contributed by atoms with Crippen LogP contribution in [0.4, 0.5) is 0 Å². The average Bonchev–Trinajstić information content (AvgIpc) is 2.91. The molecule has 1 fully saturated rings. The van der Waals surface area contributed by atoms with E-state index in [0.29, 0.717) is 41.2 Å². The van der Waals surface area contributed by atoms with Gasteiger partial charge >= 0.3 is 0 Å². The van der Waals surface area contributed by atoms with Crippen molar-refractivity contribution in [2.45, 2.75) is 39.2 Å². The monoisotopic (exact) mass is 313 g/mol. The Kier molecular flexibility index (Phi) is 3.53. The van der Waals surface area contributed by atoms with Crippen molar-refractivity contribution < 1.29 is 14.7 Å². The lowest BCUT2D eigenvalue weighted by Gasteiger charge is -2.39. The molecule has 1 aromatic rings. The van der Waals surface area contributed by atoms with Crippen molar-refractivity contribution in [3.05, 3.63) is 34.5 Å². The van der Waals surface area contributed by atoms with Gasteiger partial charge in [0.15, 0.2) is 0 Å². The minimum Gasteiger partial charge on any atom is -0.481 e. The van der Waals surface area contributed by atoms with Crippen LogP contribution in [0.15, 0.2) is 17.8 Å². The van der Waals surface area contributed by atoms with Crippen molar-refractivity contribution in [3.63, 3.8) is 0 Å². The van der Waals surface area contributed by atoms with Crippen molar-refractivity contribution >= 4 is 11.6 Å². The molecule has 23 heavy (non-hydrogen) atoms. The molecule has 1 amide bonds. The number of fused-ring (bicyclic) bond motifs is 1. The summed E-state index contributed by atoms with van der Waals surface area (Å²) in [6.07, 6.45) is 1.25. The normalized spacial score (nSPS) is 19.3. The minimum absolute atomic E-state index is 0.0122. The molecule has 2 aliphatic rings. The molecule has 6 heteroatoms. The molecule has 2 aliphatic heterocycles. The van der Waals surface area contributed by atoms with E-state index in [1.54, 1.807) is 17.0 Å². The minimum atomic E-state index is -0.819. The van der Waals surface area contributed by atoms with E-state index in [4.69, 9.17) is 4.74 Å². The molecule has 0 saturated carbocycles. The summed E-state index contributed by atoms with van der Waals surface area (Å²) in [5.74, 6) is 0.623. The van der Waals surface area contributed by atoms with Gasteiger partial charge < -0.3 is 9.64 Å². The van der Waals surface area contributed by atoms with Gasteiger partial charge in [-0.05, 0) is 44.9 Å². The third-order valence-electron chi connectivity index (χ3n) is 4.44. The lowest BCUT2D eigenvalue weighted by atomic mass is 9.90. The molecular formula is C17H19N3O3. The molecule has 1 aromatic carbocycles. The fourth-order valence-electron chi connectivity index (χ4n) is 3.27. The number of nitrogens with one attached hydrogen (secondary N) is 1. The Balaban J connectivity index is 2.33. The predicted molar refractivity (Wildman–Crippen MR) is 83.4 cm³/mol. The van der Waals surface area contributed by atoms with Crippen LogP contribution in [0.5, 0.6) is 5.75 Å². The van der Waals surface area contributed by atoms with Gasteiger partial charge in [-0.15, -0.1) is 0 Å². The summed E-state index contributed by atoms with van der Waals surface area (Å²) in [4.78, 5) is 14.0. The number of nitrogens with zero attached hydrogens (tertiary/aromatic N) is 2. The molecule has 6 nitrogen and oxygen atoms in total. The van der Waals surface area contributed by atoms with Gasteiger partial charge in [-0.2, -0.15) is 5.26 Å². The summed E-state index contributed by atoms with van der Waals surface area (Å²) in [5.41, 5.74) is 4.39. The first-order valence-corrected chi connectivity index (χ1v) is 7.59. The van der Waals surface area contributed by atoms with Gasteiger partial charge in [0.1, 0.15) is 17.0 Å². The van der Waals surface area contributed by atoms with Gasteiger partial charge in [-0.1, -0.05) is 0 Å². The lowest BCUT2D eigenvalue weighted by molar-refractivity contribution is -0.125. The van der Waals surface area contributed by atoms with E-state index in [2.05, 4.69) is 11.5 Å². The zero-order valence-corrected chi connectivity index (χ0v) is 13.4. The first kappa shape index (κ1) is 15.4. The van der Waals surface area contributed by atoms with Crippen molar-refractivity contribution in [2.75, 3.05) is 6.54 Å². The smallest absolute Gasteiger partial charge is 0.227 e. The largest absolute Gasteiger partial charge is 0.481 e. The molecule has 2 N–H and O–H groups in total. The van der Waals surface area contributed by atoms with Crippen molar-refractivity contribution in [1.82, 2.24) is 10.4 Å². The number of nitriles is 1. The molecule has 120 valence electrons. The van der Waals surface area contributed by atoms with Crippen LogP contribution in [0.2, 0.25) is 0 Å². The number of likely N-dealkylation sites (tertiary alicyclic amines) is 1. The molecule has 0 aromatic heterocycles. The van der Waals surface area contributed by atoms with Gasteiger partial charge in [-0.3, -0.25) is 15.5 Å². The van der Waals surface area contributed by atoms with Crippen LogP contribution in [-0.4, -0.2) is 28.2 Å². The summed E-state index contributed by atoms with van der Waals surface area (Å²) in [6.45, 7) is 6.06. The maximum atomic E-state index is 12.3.